The number of hydrogen-bond donors (Lipinski definition) is 2. The third-order valence-electron chi connectivity index (χ3n) is 3.35. The summed E-state index contributed by atoms with van der Waals surface area (Å²) in [5, 5.41) is 5.50. The normalized spacial score (nSPS) is 14.6. The maximum absolute atomic E-state index is 5.84. The average Bonchev–Trinajstić information content (AvgIpc) is 3.15. The second-order valence-corrected chi connectivity index (χ2v) is 5.89. The van der Waals surface area contributed by atoms with Crippen LogP contribution in [-0.2, 0) is 13.0 Å². The zero-order valence-electron chi connectivity index (χ0n) is 11.0. The highest BCUT2D eigenvalue weighted by Crippen LogP contribution is 2.38. The second kappa shape index (κ2) is 5.17. The van der Waals surface area contributed by atoms with Gasteiger partial charge in [-0.25, -0.2) is 9.97 Å². The molecule has 1 fully saturated rings. The summed E-state index contributed by atoms with van der Waals surface area (Å²) in [6.45, 7) is 2.99. The van der Waals surface area contributed by atoms with E-state index in [-0.39, 0.29) is 0 Å². The number of aromatic nitrogens is 2. The van der Waals surface area contributed by atoms with Crippen molar-refractivity contribution in [3.05, 3.63) is 33.8 Å². The molecule has 100 valence electrons. The number of anilines is 2. The Morgan fingerprint density at radius 2 is 2.26 bits per heavy atom. The monoisotopic (exact) mass is 274 g/mol. The molecule has 19 heavy (non-hydrogen) atoms. The molecule has 0 saturated heterocycles. The van der Waals surface area contributed by atoms with Crippen molar-refractivity contribution in [3.8, 4) is 0 Å². The largest absolute Gasteiger partial charge is 0.384 e. The Balaban J connectivity index is 1.72. The Hall–Kier alpha value is -1.62. The molecule has 3 rings (SSSR count). The Morgan fingerprint density at radius 3 is 3.00 bits per heavy atom. The predicted octanol–water partition coefficient (Wildman–Crippen LogP) is 3.17. The van der Waals surface area contributed by atoms with Crippen LogP contribution in [0, 0.1) is 0 Å². The molecule has 1 aliphatic rings. The molecule has 4 nitrogen and oxygen atoms in total. The number of nitrogens with one attached hydrogen (secondary N) is 1. The van der Waals surface area contributed by atoms with Crippen LogP contribution in [0.5, 0.6) is 0 Å². The summed E-state index contributed by atoms with van der Waals surface area (Å²) in [6, 6.07) is 4.00. The van der Waals surface area contributed by atoms with Crippen LogP contribution in [0.3, 0.4) is 0 Å². The number of hydrogen-bond acceptors (Lipinski definition) is 5. The van der Waals surface area contributed by atoms with E-state index in [1.807, 2.05) is 6.07 Å². The predicted molar refractivity (Wildman–Crippen MR) is 79.4 cm³/mol. The molecule has 0 aliphatic heterocycles. The van der Waals surface area contributed by atoms with Crippen LogP contribution in [0.1, 0.15) is 41.9 Å². The van der Waals surface area contributed by atoms with Gasteiger partial charge in [0.2, 0.25) is 0 Å². The summed E-state index contributed by atoms with van der Waals surface area (Å²) in [6.07, 6.45) is 3.45. The highest BCUT2D eigenvalue weighted by Gasteiger charge is 2.27. The maximum atomic E-state index is 5.84. The van der Waals surface area contributed by atoms with Crippen molar-refractivity contribution < 1.29 is 0 Å². The Bertz CT molecular complexity index is 575. The van der Waals surface area contributed by atoms with Crippen molar-refractivity contribution in [1.29, 1.82) is 0 Å². The van der Waals surface area contributed by atoms with E-state index in [0.717, 1.165) is 24.6 Å². The minimum atomic E-state index is 0.525. The fourth-order valence-electron chi connectivity index (χ4n) is 2.11. The molecule has 0 atom stereocenters. The van der Waals surface area contributed by atoms with Gasteiger partial charge in [0.15, 0.2) is 0 Å². The van der Waals surface area contributed by atoms with E-state index in [4.69, 9.17) is 5.73 Å². The lowest BCUT2D eigenvalue weighted by Gasteiger charge is -2.08. The summed E-state index contributed by atoms with van der Waals surface area (Å²) in [5.74, 6) is 2.81. The van der Waals surface area contributed by atoms with Crippen LogP contribution in [0.2, 0.25) is 0 Å². The first kappa shape index (κ1) is 12.4. The molecule has 0 unspecified atom stereocenters. The topological polar surface area (TPSA) is 63.8 Å². The molecule has 1 aliphatic carbocycles. The van der Waals surface area contributed by atoms with E-state index in [1.54, 1.807) is 11.3 Å². The van der Waals surface area contributed by atoms with Crippen LogP contribution in [0.15, 0.2) is 17.5 Å². The molecule has 0 aromatic carbocycles. The fourth-order valence-corrected chi connectivity index (χ4v) is 3.02. The molecule has 1 saturated carbocycles. The first-order valence-corrected chi connectivity index (χ1v) is 7.57. The summed E-state index contributed by atoms with van der Waals surface area (Å²) in [7, 11) is 0. The molecule has 0 radical (unpaired) electrons. The third kappa shape index (κ3) is 2.87. The molecule has 0 amide bonds. The van der Waals surface area contributed by atoms with Crippen molar-refractivity contribution >= 4 is 23.0 Å². The molecule has 2 aromatic heterocycles. The SMILES string of the molecule is CCc1ccsc1CNc1cc(N)nc(C2CC2)n1. The Labute approximate surface area is 117 Å². The molecule has 3 N–H and O–H groups in total. The summed E-state index contributed by atoms with van der Waals surface area (Å²) in [4.78, 5) is 10.2. The van der Waals surface area contributed by atoms with Crippen molar-refractivity contribution in [2.45, 2.75) is 38.6 Å². The van der Waals surface area contributed by atoms with Crippen molar-refractivity contribution in [2.24, 2.45) is 0 Å². The van der Waals surface area contributed by atoms with E-state index in [2.05, 4.69) is 33.7 Å². The zero-order valence-corrected chi connectivity index (χ0v) is 11.8. The van der Waals surface area contributed by atoms with Crippen LogP contribution < -0.4 is 11.1 Å². The second-order valence-electron chi connectivity index (χ2n) is 4.89. The third-order valence-corrected chi connectivity index (χ3v) is 4.32. The van der Waals surface area contributed by atoms with Gasteiger partial charge in [-0.15, -0.1) is 11.3 Å². The minimum Gasteiger partial charge on any atom is -0.384 e. The van der Waals surface area contributed by atoms with Gasteiger partial charge in [-0.1, -0.05) is 6.92 Å². The quantitative estimate of drug-likeness (QED) is 0.879. The number of thiophene rings is 1. The zero-order chi connectivity index (χ0) is 13.2. The molecule has 0 bridgehead atoms. The van der Waals surface area contributed by atoms with Gasteiger partial charge in [0, 0.05) is 16.9 Å². The molecule has 5 heteroatoms. The summed E-state index contributed by atoms with van der Waals surface area (Å²) < 4.78 is 0. The first-order chi connectivity index (χ1) is 9.26. The lowest BCUT2D eigenvalue weighted by atomic mass is 10.2. The van der Waals surface area contributed by atoms with Crippen molar-refractivity contribution in [3.63, 3.8) is 0 Å². The lowest BCUT2D eigenvalue weighted by Crippen LogP contribution is -2.06. The van der Waals surface area contributed by atoms with Gasteiger partial charge in [-0.3, -0.25) is 0 Å². The van der Waals surface area contributed by atoms with Gasteiger partial charge in [-0.05, 0) is 36.3 Å². The summed E-state index contributed by atoms with van der Waals surface area (Å²) in [5.41, 5.74) is 7.25. The first-order valence-electron chi connectivity index (χ1n) is 6.70. The van der Waals surface area contributed by atoms with Crippen LogP contribution in [0.4, 0.5) is 11.6 Å². The molecular formula is C14H18N4S. The van der Waals surface area contributed by atoms with Gasteiger partial charge in [0.1, 0.15) is 17.5 Å². The van der Waals surface area contributed by atoms with Crippen molar-refractivity contribution in [2.75, 3.05) is 11.1 Å². The van der Waals surface area contributed by atoms with Crippen molar-refractivity contribution in [1.82, 2.24) is 9.97 Å². The van der Waals surface area contributed by atoms with E-state index in [9.17, 15) is 0 Å². The van der Waals surface area contributed by atoms with E-state index in [1.165, 1.54) is 23.3 Å². The van der Waals surface area contributed by atoms with Gasteiger partial charge >= 0.3 is 0 Å². The number of nitrogens with two attached hydrogens (primary N) is 1. The highest BCUT2D eigenvalue weighted by atomic mass is 32.1. The minimum absolute atomic E-state index is 0.525. The number of aryl methyl sites for hydroxylation is 1. The highest BCUT2D eigenvalue weighted by molar-refractivity contribution is 7.10. The Morgan fingerprint density at radius 1 is 1.42 bits per heavy atom. The number of nitrogens with zero attached hydrogens (tertiary/aromatic N) is 2. The average molecular weight is 274 g/mol. The van der Waals surface area contributed by atoms with Gasteiger partial charge < -0.3 is 11.1 Å². The van der Waals surface area contributed by atoms with E-state index in [0.29, 0.717) is 11.7 Å². The standard InChI is InChI=1S/C14H18N4S/c1-2-9-5-6-19-11(9)8-16-13-7-12(15)17-14(18-13)10-3-4-10/h5-7,10H,2-4,8H2,1H3,(H3,15,16,17,18). The number of nitrogen functional groups attached to an aromatic ring is 1. The maximum Gasteiger partial charge on any atom is 0.136 e. The van der Waals surface area contributed by atoms with E-state index >= 15 is 0 Å². The Kier molecular flexibility index (Phi) is 3.38. The fraction of sp³-hybridized carbons (Fsp3) is 0.429. The molecule has 2 aromatic rings. The smallest absolute Gasteiger partial charge is 0.136 e. The number of rotatable bonds is 5. The van der Waals surface area contributed by atoms with Crippen LogP contribution in [0.25, 0.3) is 0 Å². The lowest BCUT2D eigenvalue weighted by molar-refractivity contribution is 0.926. The van der Waals surface area contributed by atoms with Gasteiger partial charge in [0.25, 0.3) is 0 Å². The van der Waals surface area contributed by atoms with Crippen LogP contribution in [-0.4, -0.2) is 9.97 Å². The molecule has 2 heterocycles. The van der Waals surface area contributed by atoms with Crippen LogP contribution >= 0.6 is 11.3 Å². The molecular weight excluding hydrogens is 256 g/mol. The van der Waals surface area contributed by atoms with Gasteiger partial charge in [-0.2, -0.15) is 0 Å². The molecule has 0 spiro atoms. The van der Waals surface area contributed by atoms with Gasteiger partial charge in [0.05, 0.1) is 6.54 Å². The summed E-state index contributed by atoms with van der Waals surface area (Å²) >= 11 is 1.78. The van der Waals surface area contributed by atoms with E-state index < -0.39 is 0 Å².